The summed E-state index contributed by atoms with van der Waals surface area (Å²) in [5, 5.41) is 2.85. The van der Waals surface area contributed by atoms with Crippen molar-refractivity contribution < 1.29 is 9.21 Å². The molecule has 1 atom stereocenters. The Kier molecular flexibility index (Phi) is 3.62. The van der Waals surface area contributed by atoms with Crippen LogP contribution in [0.4, 0.5) is 0 Å². The van der Waals surface area contributed by atoms with Crippen molar-refractivity contribution >= 4 is 18.1 Å². The van der Waals surface area contributed by atoms with Gasteiger partial charge < -0.3 is 14.7 Å². The highest BCUT2D eigenvalue weighted by Crippen LogP contribution is 2.16. The van der Waals surface area contributed by atoms with E-state index in [2.05, 4.69) is 10.3 Å². The predicted molar refractivity (Wildman–Crippen MR) is 71.0 cm³/mol. The number of carbonyl (C=O) groups excluding carboxylic acids is 1. The molecule has 0 spiro atoms. The molecule has 94 valence electrons. The molecular weight excluding hydrogens is 248 g/mol. The molecule has 0 saturated carbocycles. The minimum absolute atomic E-state index is 0.194. The molecule has 0 aliphatic carbocycles. The summed E-state index contributed by atoms with van der Waals surface area (Å²) in [7, 11) is 0. The summed E-state index contributed by atoms with van der Waals surface area (Å²) in [5.41, 5.74) is 0.461. The van der Waals surface area contributed by atoms with Crippen LogP contribution in [0.3, 0.4) is 0 Å². The smallest absolute Gasteiger partial charge is 0.254 e. The number of rotatable bonds is 3. The SMILES string of the molecule is Cc1ccc([C@H](C)NC(=O)c2ccc[nH]c2=S)o1. The van der Waals surface area contributed by atoms with Gasteiger partial charge in [-0.3, -0.25) is 4.79 Å². The average molecular weight is 262 g/mol. The zero-order valence-corrected chi connectivity index (χ0v) is 11.0. The average Bonchev–Trinajstić information content (AvgIpc) is 2.76. The van der Waals surface area contributed by atoms with Gasteiger partial charge in [-0.15, -0.1) is 0 Å². The van der Waals surface area contributed by atoms with Gasteiger partial charge >= 0.3 is 0 Å². The summed E-state index contributed by atoms with van der Waals surface area (Å²) in [6, 6.07) is 6.96. The van der Waals surface area contributed by atoms with E-state index in [9.17, 15) is 4.79 Å². The third kappa shape index (κ3) is 2.68. The number of hydrogen-bond donors (Lipinski definition) is 2. The lowest BCUT2D eigenvalue weighted by atomic mass is 10.2. The summed E-state index contributed by atoms with van der Waals surface area (Å²) in [6.07, 6.45) is 1.69. The highest BCUT2D eigenvalue weighted by Gasteiger charge is 2.14. The van der Waals surface area contributed by atoms with E-state index < -0.39 is 0 Å². The van der Waals surface area contributed by atoms with Crippen LogP contribution < -0.4 is 5.32 Å². The van der Waals surface area contributed by atoms with Crippen LogP contribution in [0.2, 0.25) is 0 Å². The molecule has 0 radical (unpaired) electrons. The molecule has 0 aliphatic rings. The van der Waals surface area contributed by atoms with E-state index in [1.54, 1.807) is 18.3 Å². The van der Waals surface area contributed by atoms with Crippen LogP contribution in [0, 0.1) is 11.6 Å². The molecule has 2 rings (SSSR count). The quantitative estimate of drug-likeness (QED) is 0.835. The number of hydrogen-bond acceptors (Lipinski definition) is 3. The van der Waals surface area contributed by atoms with Crippen molar-refractivity contribution in [2.45, 2.75) is 19.9 Å². The second-order valence-electron chi connectivity index (χ2n) is 4.06. The standard InChI is InChI=1S/C13H14N2O2S/c1-8-5-6-11(17-8)9(2)15-12(16)10-4-3-7-14-13(10)18/h3-7,9H,1-2H3,(H,14,18)(H,15,16)/t9-/m0/s1. The Balaban J connectivity index is 2.13. The van der Waals surface area contributed by atoms with Crippen molar-refractivity contribution in [1.29, 1.82) is 0 Å². The molecule has 5 heteroatoms. The number of furan rings is 1. The Labute approximate surface area is 110 Å². The molecule has 0 aromatic carbocycles. The fraction of sp³-hybridized carbons (Fsp3) is 0.231. The number of nitrogens with one attached hydrogen (secondary N) is 2. The van der Waals surface area contributed by atoms with Crippen molar-refractivity contribution in [3.8, 4) is 0 Å². The third-order valence-corrected chi connectivity index (χ3v) is 2.94. The Morgan fingerprint density at radius 3 is 2.83 bits per heavy atom. The first-order valence-electron chi connectivity index (χ1n) is 5.63. The Hall–Kier alpha value is -1.88. The molecule has 2 N–H and O–H groups in total. The molecule has 4 nitrogen and oxygen atoms in total. The van der Waals surface area contributed by atoms with E-state index in [0.717, 1.165) is 11.5 Å². The number of aromatic amines is 1. The van der Waals surface area contributed by atoms with Crippen molar-refractivity contribution in [1.82, 2.24) is 10.3 Å². The van der Waals surface area contributed by atoms with Gasteiger partial charge in [-0.25, -0.2) is 0 Å². The maximum absolute atomic E-state index is 12.0. The number of aryl methyl sites for hydroxylation is 1. The lowest BCUT2D eigenvalue weighted by Gasteiger charge is -2.11. The molecule has 1 amide bonds. The molecule has 2 heterocycles. The van der Waals surface area contributed by atoms with Crippen LogP contribution in [0.1, 0.15) is 34.8 Å². The highest BCUT2D eigenvalue weighted by atomic mass is 32.1. The van der Waals surface area contributed by atoms with E-state index in [-0.39, 0.29) is 11.9 Å². The minimum atomic E-state index is -0.210. The second-order valence-corrected chi connectivity index (χ2v) is 4.46. The van der Waals surface area contributed by atoms with Gasteiger partial charge in [-0.05, 0) is 38.1 Å². The van der Waals surface area contributed by atoms with E-state index >= 15 is 0 Å². The van der Waals surface area contributed by atoms with Gasteiger partial charge in [0.05, 0.1) is 11.6 Å². The van der Waals surface area contributed by atoms with Gasteiger partial charge in [-0.1, -0.05) is 12.2 Å². The number of carbonyl (C=O) groups is 1. The van der Waals surface area contributed by atoms with Gasteiger partial charge in [0.1, 0.15) is 16.2 Å². The van der Waals surface area contributed by atoms with Gasteiger partial charge in [0, 0.05) is 6.20 Å². The molecule has 0 aliphatic heterocycles. The number of pyridine rings is 1. The molecule has 0 bridgehead atoms. The van der Waals surface area contributed by atoms with Crippen LogP contribution in [0.5, 0.6) is 0 Å². The lowest BCUT2D eigenvalue weighted by molar-refractivity contribution is 0.0934. The van der Waals surface area contributed by atoms with Crippen LogP contribution in [-0.4, -0.2) is 10.9 Å². The van der Waals surface area contributed by atoms with Gasteiger partial charge in [0.2, 0.25) is 0 Å². The topological polar surface area (TPSA) is 58.0 Å². The first-order chi connectivity index (χ1) is 8.58. The molecule has 0 saturated heterocycles. The van der Waals surface area contributed by atoms with Crippen molar-refractivity contribution in [3.05, 3.63) is 52.2 Å². The van der Waals surface area contributed by atoms with Crippen LogP contribution in [-0.2, 0) is 0 Å². The fourth-order valence-corrected chi connectivity index (χ4v) is 1.86. The lowest BCUT2D eigenvalue weighted by Crippen LogP contribution is -2.26. The molecule has 0 unspecified atom stereocenters. The molecule has 18 heavy (non-hydrogen) atoms. The Bertz CT molecular complexity index is 615. The van der Waals surface area contributed by atoms with Crippen LogP contribution in [0.25, 0.3) is 0 Å². The van der Waals surface area contributed by atoms with Gasteiger partial charge in [0.15, 0.2) is 0 Å². The van der Waals surface area contributed by atoms with Gasteiger partial charge in [-0.2, -0.15) is 0 Å². The van der Waals surface area contributed by atoms with Crippen molar-refractivity contribution in [2.24, 2.45) is 0 Å². The summed E-state index contributed by atoms with van der Waals surface area (Å²) in [5.74, 6) is 1.34. The van der Waals surface area contributed by atoms with E-state index in [0.29, 0.717) is 10.2 Å². The first kappa shape index (κ1) is 12.6. The normalized spacial score (nSPS) is 12.1. The number of aromatic nitrogens is 1. The van der Waals surface area contributed by atoms with E-state index in [4.69, 9.17) is 16.6 Å². The maximum atomic E-state index is 12.0. The number of H-pyrrole nitrogens is 1. The summed E-state index contributed by atoms with van der Waals surface area (Å²) < 4.78 is 5.89. The maximum Gasteiger partial charge on any atom is 0.254 e. The summed E-state index contributed by atoms with van der Waals surface area (Å²) in [4.78, 5) is 14.8. The zero-order chi connectivity index (χ0) is 13.1. The zero-order valence-electron chi connectivity index (χ0n) is 10.2. The Morgan fingerprint density at radius 1 is 1.44 bits per heavy atom. The van der Waals surface area contributed by atoms with E-state index in [1.807, 2.05) is 26.0 Å². The summed E-state index contributed by atoms with van der Waals surface area (Å²) >= 11 is 5.06. The van der Waals surface area contributed by atoms with Crippen LogP contribution in [0.15, 0.2) is 34.9 Å². The third-order valence-electron chi connectivity index (χ3n) is 2.60. The Morgan fingerprint density at radius 2 is 2.22 bits per heavy atom. The highest BCUT2D eigenvalue weighted by molar-refractivity contribution is 7.71. The summed E-state index contributed by atoms with van der Waals surface area (Å²) in [6.45, 7) is 3.73. The molecule has 2 aromatic rings. The molecular formula is C13H14N2O2S. The molecule has 0 fully saturated rings. The second kappa shape index (κ2) is 5.18. The van der Waals surface area contributed by atoms with Crippen molar-refractivity contribution in [3.63, 3.8) is 0 Å². The van der Waals surface area contributed by atoms with Crippen molar-refractivity contribution in [2.75, 3.05) is 0 Å². The molecule has 2 aromatic heterocycles. The first-order valence-corrected chi connectivity index (χ1v) is 6.03. The van der Waals surface area contributed by atoms with E-state index in [1.165, 1.54) is 0 Å². The fourth-order valence-electron chi connectivity index (χ4n) is 1.63. The largest absolute Gasteiger partial charge is 0.464 e. The minimum Gasteiger partial charge on any atom is -0.464 e. The number of amides is 1. The van der Waals surface area contributed by atoms with Crippen LogP contribution >= 0.6 is 12.2 Å². The monoisotopic (exact) mass is 262 g/mol. The van der Waals surface area contributed by atoms with Gasteiger partial charge in [0.25, 0.3) is 5.91 Å². The predicted octanol–water partition coefficient (Wildman–Crippen LogP) is 3.14.